The van der Waals surface area contributed by atoms with Gasteiger partial charge >= 0.3 is 0 Å². The Balaban J connectivity index is 2.71. The van der Waals surface area contributed by atoms with Gasteiger partial charge in [-0.05, 0) is 26.0 Å². The normalized spacial score (nSPS) is 14.1. The molecule has 0 bridgehead atoms. The van der Waals surface area contributed by atoms with Gasteiger partial charge in [0.05, 0.1) is 10.8 Å². The van der Waals surface area contributed by atoms with Crippen molar-refractivity contribution in [1.82, 2.24) is 0 Å². The molecule has 2 N–H and O–H groups in total. The van der Waals surface area contributed by atoms with Crippen molar-refractivity contribution in [3.8, 4) is 0 Å². The van der Waals surface area contributed by atoms with Gasteiger partial charge in [0, 0.05) is 16.2 Å². The van der Waals surface area contributed by atoms with E-state index in [0.717, 1.165) is 4.90 Å². The molecule has 1 aromatic rings. The maximum atomic E-state index is 11.7. The van der Waals surface area contributed by atoms with Gasteiger partial charge in [0.25, 0.3) is 0 Å². The second-order valence-corrected chi connectivity index (χ2v) is 5.24. The smallest absolute Gasteiger partial charge is 0.0547 e. The van der Waals surface area contributed by atoms with Crippen molar-refractivity contribution < 1.29 is 4.21 Å². The van der Waals surface area contributed by atoms with E-state index in [1.807, 2.05) is 44.2 Å². The summed E-state index contributed by atoms with van der Waals surface area (Å²) in [7, 11) is -0.978. The van der Waals surface area contributed by atoms with Crippen molar-refractivity contribution in [2.24, 2.45) is 5.73 Å². The number of nitrogens with two attached hydrogens (primary N) is 1. The van der Waals surface area contributed by atoms with E-state index in [0.29, 0.717) is 5.75 Å². The predicted octanol–water partition coefficient (Wildman–Crippen LogP) is 1.53. The highest BCUT2D eigenvalue weighted by molar-refractivity contribution is 7.85. The van der Waals surface area contributed by atoms with Crippen LogP contribution in [0.2, 0.25) is 0 Å². The first-order valence-corrected chi connectivity index (χ1v) is 5.53. The fourth-order valence-corrected chi connectivity index (χ4v) is 2.30. The molecular weight excluding hydrogens is 182 g/mol. The van der Waals surface area contributed by atoms with Crippen LogP contribution in [0.5, 0.6) is 0 Å². The molecule has 0 amide bonds. The summed E-state index contributed by atoms with van der Waals surface area (Å²) in [4.78, 5) is 0.848. The van der Waals surface area contributed by atoms with E-state index in [9.17, 15) is 4.21 Å². The molecule has 0 aliphatic carbocycles. The summed E-state index contributed by atoms with van der Waals surface area (Å²) in [6, 6.07) is 9.41. The lowest BCUT2D eigenvalue weighted by Gasteiger charge is -2.17. The van der Waals surface area contributed by atoms with Gasteiger partial charge < -0.3 is 5.73 Å². The second-order valence-electron chi connectivity index (χ2n) is 3.79. The molecule has 3 heteroatoms. The van der Waals surface area contributed by atoms with E-state index in [1.165, 1.54) is 0 Å². The molecule has 0 fully saturated rings. The van der Waals surface area contributed by atoms with Crippen LogP contribution in [-0.4, -0.2) is 15.5 Å². The van der Waals surface area contributed by atoms with E-state index in [-0.39, 0.29) is 5.54 Å². The van der Waals surface area contributed by atoms with E-state index in [1.54, 1.807) is 0 Å². The molecule has 2 nitrogen and oxygen atoms in total. The Labute approximate surface area is 81.6 Å². The van der Waals surface area contributed by atoms with Gasteiger partial charge in [-0.2, -0.15) is 0 Å². The largest absolute Gasteiger partial charge is 0.325 e. The summed E-state index contributed by atoms with van der Waals surface area (Å²) in [6.07, 6.45) is 0. The van der Waals surface area contributed by atoms with E-state index >= 15 is 0 Å². The summed E-state index contributed by atoms with van der Waals surface area (Å²) in [5, 5.41) is 0. The minimum Gasteiger partial charge on any atom is -0.325 e. The van der Waals surface area contributed by atoms with Crippen LogP contribution in [0.25, 0.3) is 0 Å². The van der Waals surface area contributed by atoms with Crippen molar-refractivity contribution >= 4 is 10.8 Å². The molecule has 0 spiro atoms. The zero-order valence-corrected chi connectivity index (χ0v) is 8.80. The number of hydrogen-bond acceptors (Lipinski definition) is 2. The average Bonchev–Trinajstić information content (AvgIpc) is 2.03. The quantitative estimate of drug-likeness (QED) is 0.798. The van der Waals surface area contributed by atoms with Crippen molar-refractivity contribution in [3.05, 3.63) is 30.3 Å². The summed E-state index contributed by atoms with van der Waals surface area (Å²) >= 11 is 0. The summed E-state index contributed by atoms with van der Waals surface area (Å²) in [5.74, 6) is 0.497. The van der Waals surface area contributed by atoms with E-state index in [4.69, 9.17) is 5.73 Å². The van der Waals surface area contributed by atoms with Crippen LogP contribution in [0.1, 0.15) is 13.8 Å². The molecular formula is C10H15NOS. The Hall–Kier alpha value is -0.670. The van der Waals surface area contributed by atoms with Gasteiger partial charge in [-0.3, -0.25) is 4.21 Å². The first kappa shape index (κ1) is 10.4. The third kappa shape index (κ3) is 3.70. The average molecular weight is 197 g/mol. The Kier molecular flexibility index (Phi) is 3.22. The van der Waals surface area contributed by atoms with Crippen molar-refractivity contribution in [2.45, 2.75) is 24.3 Å². The zero-order valence-electron chi connectivity index (χ0n) is 7.99. The second kappa shape index (κ2) is 4.03. The molecule has 0 heterocycles. The summed E-state index contributed by atoms with van der Waals surface area (Å²) < 4.78 is 11.7. The molecule has 72 valence electrons. The molecule has 0 aliphatic heterocycles. The standard InChI is InChI=1S/C10H15NOS/c1-10(2,11)8-13(12)9-6-4-3-5-7-9/h3-7H,8,11H2,1-2H3. The fraction of sp³-hybridized carbons (Fsp3) is 0.400. The van der Waals surface area contributed by atoms with Crippen LogP contribution in [-0.2, 0) is 10.8 Å². The fourth-order valence-electron chi connectivity index (χ4n) is 0.993. The predicted molar refractivity (Wildman–Crippen MR) is 56.0 cm³/mol. The van der Waals surface area contributed by atoms with Crippen LogP contribution < -0.4 is 5.73 Å². The van der Waals surface area contributed by atoms with Crippen LogP contribution in [0.4, 0.5) is 0 Å². The van der Waals surface area contributed by atoms with Gasteiger partial charge in [-0.15, -0.1) is 0 Å². The first-order valence-electron chi connectivity index (χ1n) is 4.21. The first-order chi connectivity index (χ1) is 5.99. The van der Waals surface area contributed by atoms with Gasteiger partial charge in [-0.1, -0.05) is 18.2 Å². The van der Waals surface area contributed by atoms with Gasteiger partial charge in [-0.25, -0.2) is 0 Å². The number of hydrogen-bond donors (Lipinski definition) is 1. The lowest BCUT2D eigenvalue weighted by atomic mass is 10.1. The van der Waals surface area contributed by atoms with Gasteiger partial charge in [0.2, 0.25) is 0 Å². The van der Waals surface area contributed by atoms with Crippen molar-refractivity contribution in [2.75, 3.05) is 5.75 Å². The van der Waals surface area contributed by atoms with Crippen molar-refractivity contribution in [3.63, 3.8) is 0 Å². The molecule has 0 aromatic heterocycles. The van der Waals surface area contributed by atoms with Gasteiger partial charge in [0.15, 0.2) is 0 Å². The monoisotopic (exact) mass is 197 g/mol. The molecule has 13 heavy (non-hydrogen) atoms. The highest BCUT2D eigenvalue weighted by Crippen LogP contribution is 2.09. The van der Waals surface area contributed by atoms with Crippen molar-refractivity contribution in [1.29, 1.82) is 0 Å². The van der Waals surface area contributed by atoms with Crippen LogP contribution in [0, 0.1) is 0 Å². The Morgan fingerprint density at radius 2 is 1.85 bits per heavy atom. The van der Waals surface area contributed by atoms with Crippen LogP contribution in [0.15, 0.2) is 35.2 Å². The lowest BCUT2D eigenvalue weighted by molar-refractivity contribution is 0.577. The van der Waals surface area contributed by atoms with Crippen LogP contribution in [0.3, 0.4) is 0 Å². The molecule has 0 saturated heterocycles. The third-order valence-electron chi connectivity index (χ3n) is 1.51. The maximum Gasteiger partial charge on any atom is 0.0547 e. The van der Waals surface area contributed by atoms with E-state index in [2.05, 4.69) is 0 Å². The molecule has 1 aromatic carbocycles. The summed E-state index contributed by atoms with van der Waals surface area (Å²) in [6.45, 7) is 3.77. The molecule has 0 saturated carbocycles. The lowest BCUT2D eigenvalue weighted by Crippen LogP contribution is -2.38. The Morgan fingerprint density at radius 1 is 1.31 bits per heavy atom. The highest BCUT2D eigenvalue weighted by atomic mass is 32.2. The molecule has 0 radical (unpaired) electrons. The Morgan fingerprint density at radius 3 is 2.31 bits per heavy atom. The minimum absolute atomic E-state index is 0.374. The number of benzene rings is 1. The molecule has 0 aliphatic rings. The highest BCUT2D eigenvalue weighted by Gasteiger charge is 2.15. The van der Waals surface area contributed by atoms with Crippen LogP contribution >= 0.6 is 0 Å². The SMILES string of the molecule is CC(C)(N)CS(=O)c1ccccc1. The third-order valence-corrected chi connectivity index (χ3v) is 3.31. The van der Waals surface area contributed by atoms with Gasteiger partial charge in [0.1, 0.15) is 0 Å². The van der Waals surface area contributed by atoms with E-state index < -0.39 is 10.8 Å². The molecule has 1 atom stereocenters. The maximum absolute atomic E-state index is 11.7. The zero-order chi connectivity index (χ0) is 9.90. The molecule has 1 unspecified atom stereocenters. The topological polar surface area (TPSA) is 43.1 Å². The Bertz CT molecular complexity index is 290. The number of rotatable bonds is 3. The summed E-state index contributed by atoms with van der Waals surface area (Å²) in [5.41, 5.74) is 5.41. The minimum atomic E-state index is -0.978. The molecule has 1 rings (SSSR count).